The van der Waals surface area contributed by atoms with E-state index < -0.39 is 14.6 Å². The minimum absolute atomic E-state index is 0.156. The van der Waals surface area contributed by atoms with E-state index in [0.29, 0.717) is 12.8 Å². The van der Waals surface area contributed by atoms with Crippen molar-refractivity contribution >= 4 is 32.5 Å². The Hall–Kier alpha value is -2.72. The molecule has 0 saturated heterocycles. The normalized spacial score (nSPS) is 20.1. The summed E-state index contributed by atoms with van der Waals surface area (Å²) in [5, 5.41) is 2.25. The molecule has 0 heterocycles. The van der Waals surface area contributed by atoms with Crippen molar-refractivity contribution < 1.29 is 13.2 Å². The van der Waals surface area contributed by atoms with Crippen molar-refractivity contribution in [1.29, 1.82) is 0 Å². The third-order valence-electron chi connectivity index (χ3n) is 6.16. The van der Waals surface area contributed by atoms with Gasteiger partial charge in [-0.05, 0) is 54.7 Å². The van der Waals surface area contributed by atoms with Gasteiger partial charge in [0.25, 0.3) is 0 Å². The van der Waals surface area contributed by atoms with Crippen LogP contribution in [0.25, 0.3) is 16.8 Å². The summed E-state index contributed by atoms with van der Waals surface area (Å²) in [6.07, 6.45) is 6.24. The highest BCUT2D eigenvalue weighted by atomic mass is 32.2. The Morgan fingerprint density at radius 2 is 1.67 bits per heavy atom. The smallest absolute Gasteiger partial charge is 0.191 e. The number of benzene rings is 3. The molecule has 1 unspecified atom stereocenters. The first-order valence-corrected chi connectivity index (χ1v) is 11.9. The number of hydrogen-bond donors (Lipinski definition) is 0. The van der Waals surface area contributed by atoms with Gasteiger partial charge in [-0.15, -0.1) is 0 Å². The molecule has 1 saturated carbocycles. The summed E-state index contributed by atoms with van der Waals surface area (Å²) in [5.41, 5.74) is 2.02. The summed E-state index contributed by atoms with van der Waals surface area (Å²) in [5.74, 6) is -0.156. The van der Waals surface area contributed by atoms with E-state index in [4.69, 9.17) is 0 Å². The van der Waals surface area contributed by atoms with Crippen molar-refractivity contribution in [1.82, 2.24) is 0 Å². The Labute approximate surface area is 178 Å². The number of carbonyl (C=O) groups excluding carboxylic acids is 1. The highest BCUT2D eigenvalue weighted by molar-refractivity contribution is 7.93. The zero-order valence-corrected chi connectivity index (χ0v) is 18.0. The molecule has 3 aromatic carbocycles. The zero-order valence-electron chi connectivity index (χ0n) is 17.2. The van der Waals surface area contributed by atoms with Gasteiger partial charge in [0.2, 0.25) is 0 Å². The first kappa shape index (κ1) is 20.5. The summed E-state index contributed by atoms with van der Waals surface area (Å²) in [6, 6.07) is 21.0. The van der Waals surface area contributed by atoms with Crippen LogP contribution in [-0.4, -0.2) is 18.9 Å². The first-order chi connectivity index (χ1) is 14.4. The van der Waals surface area contributed by atoms with Gasteiger partial charge in [0.05, 0.1) is 4.90 Å². The highest BCUT2D eigenvalue weighted by Crippen LogP contribution is 2.40. The van der Waals surface area contributed by atoms with Crippen molar-refractivity contribution in [3.63, 3.8) is 0 Å². The van der Waals surface area contributed by atoms with E-state index in [1.165, 1.54) is 0 Å². The Bertz CT molecular complexity index is 1200. The Balaban J connectivity index is 1.72. The summed E-state index contributed by atoms with van der Waals surface area (Å²) in [7, 11) is -3.79. The fourth-order valence-corrected chi connectivity index (χ4v) is 6.46. The molecule has 3 nitrogen and oxygen atoms in total. The Kier molecular flexibility index (Phi) is 5.61. The van der Waals surface area contributed by atoms with Crippen LogP contribution in [0.3, 0.4) is 0 Å². The van der Waals surface area contributed by atoms with E-state index >= 15 is 0 Å². The van der Waals surface area contributed by atoms with Crippen LogP contribution >= 0.6 is 0 Å². The molecule has 0 N–H and O–H groups in total. The maximum Gasteiger partial charge on any atom is 0.191 e. The molecule has 1 fully saturated rings. The van der Waals surface area contributed by atoms with Crippen LogP contribution in [0.5, 0.6) is 0 Å². The molecule has 0 bridgehead atoms. The van der Waals surface area contributed by atoms with E-state index in [2.05, 4.69) is 18.2 Å². The summed E-state index contributed by atoms with van der Waals surface area (Å²) in [6.45, 7) is 1.92. The monoisotopic (exact) mass is 418 g/mol. The Morgan fingerprint density at radius 3 is 2.43 bits per heavy atom. The number of aryl methyl sites for hydroxylation is 1. The predicted molar refractivity (Wildman–Crippen MR) is 122 cm³/mol. The molecule has 154 valence electrons. The number of Topliss-reactive ketones (excluding diaryl/α,β-unsaturated/α-hetero) is 1. The van der Waals surface area contributed by atoms with Gasteiger partial charge in [-0.1, -0.05) is 78.7 Å². The number of carbonyl (C=O) groups is 1. The second-order valence-electron chi connectivity index (χ2n) is 8.12. The molecular formula is C26H26O3S. The third-order valence-corrected chi connectivity index (χ3v) is 8.68. The zero-order chi connectivity index (χ0) is 21.2. The topological polar surface area (TPSA) is 51.2 Å². The van der Waals surface area contributed by atoms with Crippen LogP contribution in [-0.2, 0) is 14.6 Å². The number of sulfone groups is 1. The van der Waals surface area contributed by atoms with Crippen LogP contribution in [0.2, 0.25) is 0 Å². The van der Waals surface area contributed by atoms with Gasteiger partial charge in [-0.3, -0.25) is 4.79 Å². The van der Waals surface area contributed by atoms with Crippen molar-refractivity contribution in [2.24, 2.45) is 0 Å². The molecule has 0 amide bonds. The van der Waals surface area contributed by atoms with Gasteiger partial charge in [-0.25, -0.2) is 8.42 Å². The average Bonchev–Trinajstić information content (AvgIpc) is 2.75. The van der Waals surface area contributed by atoms with E-state index in [0.717, 1.165) is 34.7 Å². The van der Waals surface area contributed by atoms with Gasteiger partial charge in [-0.2, -0.15) is 0 Å². The SMILES string of the molecule is Cc1ccc(S(=O)(=O)C2(C/C=C/c3cccc4ccccc34)CCCCC2=O)cc1. The lowest BCUT2D eigenvalue weighted by molar-refractivity contribution is -0.123. The summed E-state index contributed by atoms with van der Waals surface area (Å²) < 4.78 is 25.9. The predicted octanol–water partition coefficient (Wildman–Crippen LogP) is 5.91. The van der Waals surface area contributed by atoms with Gasteiger partial charge >= 0.3 is 0 Å². The van der Waals surface area contributed by atoms with Crippen LogP contribution in [0.4, 0.5) is 0 Å². The molecule has 0 spiro atoms. The molecule has 3 aromatic rings. The number of ketones is 1. The molecule has 0 radical (unpaired) electrons. The lowest BCUT2D eigenvalue weighted by Gasteiger charge is -2.34. The van der Waals surface area contributed by atoms with E-state index in [1.807, 2.05) is 43.3 Å². The maximum atomic E-state index is 13.6. The van der Waals surface area contributed by atoms with Gasteiger partial charge in [0.15, 0.2) is 15.6 Å². The number of hydrogen-bond acceptors (Lipinski definition) is 3. The number of fused-ring (bicyclic) bond motifs is 1. The van der Waals surface area contributed by atoms with Crippen LogP contribution in [0, 0.1) is 6.92 Å². The maximum absolute atomic E-state index is 13.6. The van der Waals surface area contributed by atoms with Crippen LogP contribution in [0.15, 0.2) is 77.7 Å². The summed E-state index contributed by atoms with van der Waals surface area (Å²) >= 11 is 0. The first-order valence-electron chi connectivity index (χ1n) is 10.4. The van der Waals surface area contributed by atoms with Crippen molar-refractivity contribution in [2.75, 3.05) is 0 Å². The second kappa shape index (κ2) is 8.19. The fraction of sp³-hybridized carbons (Fsp3) is 0.269. The molecule has 1 atom stereocenters. The van der Waals surface area contributed by atoms with Crippen molar-refractivity contribution in [3.8, 4) is 0 Å². The number of rotatable bonds is 5. The molecule has 0 aliphatic heterocycles. The molecule has 4 rings (SSSR count). The minimum Gasteiger partial charge on any atom is -0.298 e. The van der Waals surface area contributed by atoms with Gasteiger partial charge in [0, 0.05) is 6.42 Å². The Morgan fingerprint density at radius 1 is 0.933 bits per heavy atom. The number of allylic oxidation sites excluding steroid dienone is 1. The van der Waals surface area contributed by atoms with Gasteiger partial charge < -0.3 is 0 Å². The lowest BCUT2D eigenvalue weighted by atomic mass is 9.84. The molecule has 1 aliphatic rings. The molecule has 4 heteroatoms. The highest BCUT2D eigenvalue weighted by Gasteiger charge is 2.50. The van der Waals surface area contributed by atoms with Crippen molar-refractivity contribution in [3.05, 3.63) is 83.9 Å². The molecule has 30 heavy (non-hydrogen) atoms. The second-order valence-corrected chi connectivity index (χ2v) is 10.4. The minimum atomic E-state index is -3.79. The fourth-order valence-electron chi connectivity index (χ4n) is 4.39. The molecular weight excluding hydrogens is 392 g/mol. The quantitative estimate of drug-likeness (QED) is 0.518. The largest absolute Gasteiger partial charge is 0.298 e. The van der Waals surface area contributed by atoms with Crippen LogP contribution < -0.4 is 0 Å². The summed E-state index contributed by atoms with van der Waals surface area (Å²) in [4.78, 5) is 13.3. The van der Waals surface area contributed by atoms with E-state index in [9.17, 15) is 13.2 Å². The van der Waals surface area contributed by atoms with E-state index in [1.54, 1.807) is 24.3 Å². The molecule has 1 aliphatic carbocycles. The molecule has 0 aromatic heterocycles. The van der Waals surface area contributed by atoms with Crippen LogP contribution in [0.1, 0.15) is 43.2 Å². The van der Waals surface area contributed by atoms with E-state index in [-0.39, 0.29) is 17.1 Å². The third kappa shape index (κ3) is 3.61. The van der Waals surface area contributed by atoms with Crippen molar-refractivity contribution in [2.45, 2.75) is 48.7 Å². The lowest BCUT2D eigenvalue weighted by Crippen LogP contribution is -2.48. The van der Waals surface area contributed by atoms with Gasteiger partial charge in [0.1, 0.15) is 4.75 Å². The average molecular weight is 419 g/mol. The standard InChI is InChI=1S/C26H26O3S/c1-20-14-16-23(17-15-20)30(28,29)26(18-5-4-13-25(26)27)19-7-11-22-10-6-9-21-8-2-3-12-24(21)22/h2-3,6-12,14-17H,4-5,13,18-19H2,1H3/b11-7+.